The van der Waals surface area contributed by atoms with Gasteiger partial charge in [0.05, 0.1) is 16.8 Å². The van der Waals surface area contributed by atoms with Gasteiger partial charge in [-0.15, -0.1) is 5.10 Å². The van der Waals surface area contributed by atoms with Crippen LogP contribution in [0.25, 0.3) is 11.0 Å². The number of nitrogens with zero attached hydrogens (tertiary/aromatic N) is 4. The maximum Gasteiger partial charge on any atom is 0.344 e. The van der Waals surface area contributed by atoms with Crippen LogP contribution in [0.3, 0.4) is 0 Å². The average Bonchev–Trinajstić information content (AvgIpc) is 3.18. The highest BCUT2D eigenvalue weighted by Gasteiger charge is 2.29. The number of hydrogen-bond acceptors (Lipinski definition) is 4. The van der Waals surface area contributed by atoms with E-state index in [0.29, 0.717) is 16.2 Å². The van der Waals surface area contributed by atoms with E-state index in [1.54, 1.807) is 28.8 Å². The summed E-state index contributed by atoms with van der Waals surface area (Å²) in [7, 11) is 0. The number of H-pyrrole nitrogens is 1. The molecule has 23 heavy (non-hydrogen) atoms. The van der Waals surface area contributed by atoms with E-state index in [1.807, 2.05) is 0 Å². The lowest BCUT2D eigenvalue weighted by Gasteiger charge is -2.07. The number of imidazole rings is 1. The van der Waals surface area contributed by atoms with Gasteiger partial charge in [0, 0.05) is 6.04 Å². The van der Waals surface area contributed by atoms with Crippen LogP contribution in [0.1, 0.15) is 31.3 Å². The first-order chi connectivity index (χ1) is 11.1. The van der Waals surface area contributed by atoms with Gasteiger partial charge in [-0.1, -0.05) is 23.9 Å². The summed E-state index contributed by atoms with van der Waals surface area (Å²) in [6, 6.07) is 6.98. The summed E-state index contributed by atoms with van der Waals surface area (Å²) in [6.07, 6.45) is 1.89. The molecule has 1 aromatic carbocycles. The number of aromatic amines is 1. The molecule has 1 aliphatic carbocycles. The highest BCUT2D eigenvalue weighted by Crippen LogP contribution is 2.36. The van der Waals surface area contributed by atoms with Crippen molar-refractivity contribution < 1.29 is 8.78 Å². The predicted molar refractivity (Wildman–Crippen MR) is 81.7 cm³/mol. The molecule has 0 radical (unpaired) electrons. The van der Waals surface area contributed by atoms with E-state index in [4.69, 9.17) is 0 Å². The third-order valence-electron chi connectivity index (χ3n) is 3.78. The van der Waals surface area contributed by atoms with Gasteiger partial charge in [-0.3, -0.25) is 9.13 Å². The van der Waals surface area contributed by atoms with Gasteiger partial charge in [-0.25, -0.2) is 14.9 Å². The van der Waals surface area contributed by atoms with E-state index in [9.17, 15) is 13.6 Å². The van der Waals surface area contributed by atoms with Crippen molar-refractivity contribution in [2.75, 3.05) is 0 Å². The summed E-state index contributed by atoms with van der Waals surface area (Å²) in [5, 5.41) is 6.92. The predicted octanol–water partition coefficient (Wildman–Crippen LogP) is 2.94. The largest absolute Gasteiger partial charge is 0.344 e. The van der Waals surface area contributed by atoms with Crippen molar-refractivity contribution in [1.29, 1.82) is 0 Å². The van der Waals surface area contributed by atoms with Gasteiger partial charge in [0.2, 0.25) is 0 Å². The second-order valence-corrected chi connectivity index (χ2v) is 6.31. The van der Waals surface area contributed by atoms with Gasteiger partial charge in [0.15, 0.2) is 5.16 Å². The van der Waals surface area contributed by atoms with Crippen molar-refractivity contribution in [3.05, 3.63) is 40.6 Å². The number of aromatic nitrogens is 5. The van der Waals surface area contributed by atoms with Crippen LogP contribution in [0.4, 0.5) is 8.78 Å². The fourth-order valence-electron chi connectivity index (χ4n) is 2.59. The molecular weight excluding hydrogens is 324 g/mol. The Balaban J connectivity index is 1.66. The molecule has 2 aromatic heterocycles. The maximum absolute atomic E-state index is 13.4. The fourth-order valence-corrected chi connectivity index (χ4v) is 3.53. The van der Waals surface area contributed by atoms with Crippen molar-refractivity contribution in [3.63, 3.8) is 0 Å². The maximum atomic E-state index is 13.4. The molecule has 1 saturated carbocycles. The zero-order valence-electron chi connectivity index (χ0n) is 11.9. The molecule has 2 heterocycles. The molecule has 0 atom stereocenters. The SMILES string of the molecule is O=c1[nH]nc(SCc2nc3ccccc3n2C(F)F)n1C1CC1. The average molecular weight is 337 g/mol. The molecule has 0 unspecified atom stereocenters. The molecule has 4 rings (SSSR count). The zero-order valence-corrected chi connectivity index (χ0v) is 12.8. The Kier molecular flexibility index (Phi) is 3.44. The number of para-hydroxylation sites is 2. The van der Waals surface area contributed by atoms with Crippen LogP contribution in [0.2, 0.25) is 0 Å². The Labute approximate surface area is 133 Å². The smallest absolute Gasteiger partial charge is 0.269 e. The Hall–Kier alpha value is -2.16. The minimum atomic E-state index is -2.66. The van der Waals surface area contributed by atoms with Gasteiger partial charge in [-0.05, 0) is 25.0 Å². The van der Waals surface area contributed by atoms with E-state index >= 15 is 0 Å². The fraction of sp³-hybridized carbons (Fsp3) is 0.357. The summed E-state index contributed by atoms with van der Waals surface area (Å²) in [5.74, 6) is 0.486. The Morgan fingerprint density at radius 2 is 2.13 bits per heavy atom. The number of rotatable bonds is 5. The first-order valence-electron chi connectivity index (χ1n) is 7.19. The van der Waals surface area contributed by atoms with Crippen LogP contribution in [0.15, 0.2) is 34.2 Å². The second-order valence-electron chi connectivity index (χ2n) is 5.37. The molecular formula is C14H13F2N5OS. The highest BCUT2D eigenvalue weighted by molar-refractivity contribution is 7.98. The number of halogens is 2. The van der Waals surface area contributed by atoms with Crippen molar-refractivity contribution in [3.8, 4) is 0 Å². The number of hydrogen-bond donors (Lipinski definition) is 1. The quantitative estimate of drug-likeness (QED) is 0.727. The molecule has 0 aliphatic heterocycles. The zero-order chi connectivity index (χ0) is 16.0. The van der Waals surface area contributed by atoms with Crippen LogP contribution in [0.5, 0.6) is 0 Å². The normalized spacial score (nSPS) is 14.9. The Morgan fingerprint density at radius 1 is 1.35 bits per heavy atom. The molecule has 1 aliphatic rings. The van der Waals surface area contributed by atoms with Gasteiger partial charge in [0.25, 0.3) is 0 Å². The minimum Gasteiger partial charge on any atom is -0.269 e. The van der Waals surface area contributed by atoms with Crippen molar-refractivity contribution in [2.24, 2.45) is 0 Å². The third kappa shape index (κ3) is 2.54. The van der Waals surface area contributed by atoms with E-state index in [-0.39, 0.29) is 23.3 Å². The number of alkyl halides is 2. The van der Waals surface area contributed by atoms with Crippen LogP contribution in [-0.2, 0) is 5.75 Å². The van der Waals surface area contributed by atoms with E-state index in [1.165, 1.54) is 11.8 Å². The van der Waals surface area contributed by atoms with Crippen LogP contribution >= 0.6 is 11.8 Å². The van der Waals surface area contributed by atoms with E-state index in [2.05, 4.69) is 15.2 Å². The van der Waals surface area contributed by atoms with E-state index < -0.39 is 6.55 Å². The number of nitrogens with one attached hydrogen (secondary N) is 1. The van der Waals surface area contributed by atoms with Gasteiger partial charge in [-0.2, -0.15) is 8.78 Å². The molecule has 120 valence electrons. The van der Waals surface area contributed by atoms with Gasteiger partial charge >= 0.3 is 12.2 Å². The minimum absolute atomic E-state index is 0.178. The third-order valence-corrected chi connectivity index (χ3v) is 4.73. The summed E-state index contributed by atoms with van der Waals surface area (Å²) in [6.45, 7) is -2.66. The van der Waals surface area contributed by atoms with Crippen LogP contribution in [0, 0.1) is 0 Å². The van der Waals surface area contributed by atoms with Crippen LogP contribution in [-0.4, -0.2) is 24.3 Å². The topological polar surface area (TPSA) is 68.5 Å². The second kappa shape index (κ2) is 5.48. The highest BCUT2D eigenvalue weighted by atomic mass is 32.2. The molecule has 9 heteroatoms. The summed E-state index contributed by atoms with van der Waals surface area (Å²) in [4.78, 5) is 16.0. The lowest BCUT2D eigenvalue weighted by Crippen LogP contribution is -2.16. The molecule has 6 nitrogen and oxygen atoms in total. The van der Waals surface area contributed by atoms with Crippen molar-refractivity contribution >= 4 is 22.8 Å². The summed E-state index contributed by atoms with van der Waals surface area (Å²) >= 11 is 1.24. The Morgan fingerprint density at radius 3 is 2.87 bits per heavy atom. The molecule has 1 N–H and O–H groups in total. The summed E-state index contributed by atoms with van der Waals surface area (Å²) in [5.41, 5.74) is 0.682. The van der Waals surface area contributed by atoms with Crippen LogP contribution < -0.4 is 5.69 Å². The lowest BCUT2D eigenvalue weighted by atomic mass is 10.3. The first-order valence-corrected chi connectivity index (χ1v) is 8.17. The number of fused-ring (bicyclic) bond motifs is 1. The van der Waals surface area contributed by atoms with Crippen molar-refractivity contribution in [1.82, 2.24) is 24.3 Å². The monoisotopic (exact) mass is 337 g/mol. The lowest BCUT2D eigenvalue weighted by molar-refractivity contribution is 0.0722. The molecule has 0 amide bonds. The number of benzene rings is 1. The standard InChI is InChI=1S/C14H13F2N5OS/c15-12(16)21-10-4-2-1-3-9(10)17-11(21)7-23-14-19-18-13(22)20(14)8-5-6-8/h1-4,8,12H,5-7H2,(H,18,22). The van der Waals surface area contributed by atoms with Gasteiger partial charge in [0.1, 0.15) is 5.82 Å². The molecule has 1 fully saturated rings. The number of thioether (sulfide) groups is 1. The molecule has 0 spiro atoms. The molecule has 0 saturated heterocycles. The first kappa shape index (κ1) is 14.4. The molecule has 0 bridgehead atoms. The van der Waals surface area contributed by atoms with Gasteiger partial charge < -0.3 is 0 Å². The summed E-state index contributed by atoms with van der Waals surface area (Å²) < 4.78 is 29.3. The van der Waals surface area contributed by atoms with E-state index in [0.717, 1.165) is 17.4 Å². The Bertz CT molecular complexity index is 911. The molecule has 3 aromatic rings. The van der Waals surface area contributed by atoms with Crippen molar-refractivity contribution in [2.45, 2.75) is 36.3 Å².